The summed E-state index contributed by atoms with van der Waals surface area (Å²) in [4.78, 5) is 1.07. The number of halogens is 1. The highest BCUT2D eigenvalue weighted by molar-refractivity contribution is 9.11. The van der Waals surface area contributed by atoms with E-state index in [1.54, 1.807) is 11.3 Å². The van der Waals surface area contributed by atoms with Gasteiger partial charge in [0.1, 0.15) is 0 Å². The minimum Gasteiger partial charge on any atom is -0.142 e. The number of thiophene rings is 1. The van der Waals surface area contributed by atoms with E-state index in [1.807, 2.05) is 6.07 Å². The molecule has 68 valence electrons. The summed E-state index contributed by atoms with van der Waals surface area (Å²) < 4.78 is 2.53. The lowest BCUT2D eigenvalue weighted by Crippen LogP contribution is -1.76. The first kappa shape index (κ1) is 9.56. The molecule has 0 unspecified atom stereocenters. The summed E-state index contributed by atoms with van der Waals surface area (Å²) in [5, 5.41) is 1.34. The normalized spacial score (nSPS) is 11.0. The van der Waals surface area contributed by atoms with Crippen molar-refractivity contribution in [3.8, 4) is 0 Å². The molecule has 0 saturated carbocycles. The number of rotatable bonds is 1. The van der Waals surface area contributed by atoms with Crippen LogP contribution in [0.3, 0.4) is 0 Å². The highest BCUT2D eigenvalue weighted by Crippen LogP contribution is 2.38. The highest BCUT2D eigenvalue weighted by atomic mass is 79.9. The Morgan fingerprint density at radius 1 is 1.46 bits per heavy atom. The lowest BCUT2D eigenvalue weighted by atomic mass is 10.1. The van der Waals surface area contributed by atoms with Crippen LogP contribution in [0.5, 0.6) is 0 Å². The van der Waals surface area contributed by atoms with Crippen LogP contribution in [0.4, 0.5) is 0 Å². The van der Waals surface area contributed by atoms with Gasteiger partial charge < -0.3 is 0 Å². The molecule has 0 bridgehead atoms. The number of hydrogen-bond donors (Lipinski definition) is 1. The molecule has 0 saturated heterocycles. The molecule has 0 N–H and O–H groups in total. The van der Waals surface area contributed by atoms with Gasteiger partial charge in [-0.15, -0.1) is 24.0 Å². The molecule has 0 nitrogen and oxygen atoms in total. The number of aryl methyl sites for hydroxylation is 1. The second-order valence-electron chi connectivity index (χ2n) is 2.86. The molecule has 0 aliphatic rings. The van der Waals surface area contributed by atoms with Crippen LogP contribution in [-0.4, -0.2) is 0 Å². The summed E-state index contributed by atoms with van der Waals surface area (Å²) in [5.74, 6) is 0. The van der Waals surface area contributed by atoms with E-state index in [9.17, 15) is 0 Å². The van der Waals surface area contributed by atoms with Crippen molar-refractivity contribution in [3.63, 3.8) is 0 Å². The smallest absolute Gasteiger partial charge is 0.0743 e. The first-order chi connectivity index (χ1) is 6.24. The molecule has 2 aromatic rings. The Hall–Kier alpha value is 0.01000. The Bertz CT molecular complexity index is 445. The van der Waals surface area contributed by atoms with E-state index in [4.69, 9.17) is 0 Å². The molecule has 0 fully saturated rings. The SMILES string of the molecule is CCc1c(Br)sc2c(S)cccc12. The molecule has 13 heavy (non-hydrogen) atoms. The molecule has 0 aliphatic carbocycles. The third-order valence-electron chi connectivity index (χ3n) is 2.10. The van der Waals surface area contributed by atoms with Crippen molar-refractivity contribution >= 4 is 50.0 Å². The van der Waals surface area contributed by atoms with Crippen LogP contribution in [0, 0.1) is 0 Å². The first-order valence-electron chi connectivity index (χ1n) is 4.13. The van der Waals surface area contributed by atoms with Crippen molar-refractivity contribution in [2.45, 2.75) is 18.2 Å². The predicted molar refractivity (Wildman–Crippen MR) is 66.2 cm³/mol. The van der Waals surface area contributed by atoms with Crippen LogP contribution in [0.2, 0.25) is 0 Å². The molecular weight excluding hydrogens is 264 g/mol. The highest BCUT2D eigenvalue weighted by Gasteiger charge is 2.09. The van der Waals surface area contributed by atoms with E-state index in [0.29, 0.717) is 0 Å². The van der Waals surface area contributed by atoms with Gasteiger partial charge in [0.15, 0.2) is 0 Å². The zero-order valence-electron chi connectivity index (χ0n) is 7.17. The fraction of sp³-hybridized carbons (Fsp3) is 0.200. The van der Waals surface area contributed by atoms with Gasteiger partial charge in [0.25, 0.3) is 0 Å². The average Bonchev–Trinajstić information content (AvgIpc) is 2.43. The Morgan fingerprint density at radius 3 is 2.92 bits per heavy atom. The summed E-state index contributed by atoms with van der Waals surface area (Å²) >= 11 is 9.80. The third kappa shape index (κ3) is 1.53. The van der Waals surface area contributed by atoms with Gasteiger partial charge in [-0.1, -0.05) is 19.1 Å². The van der Waals surface area contributed by atoms with E-state index in [1.165, 1.54) is 19.4 Å². The molecule has 1 heterocycles. The molecule has 2 rings (SSSR count). The predicted octanol–water partition coefficient (Wildman–Crippen LogP) is 4.51. The first-order valence-corrected chi connectivity index (χ1v) is 6.18. The van der Waals surface area contributed by atoms with Crippen molar-refractivity contribution < 1.29 is 0 Å². The van der Waals surface area contributed by atoms with Crippen LogP contribution in [0.15, 0.2) is 26.9 Å². The molecule has 0 amide bonds. The van der Waals surface area contributed by atoms with Gasteiger partial charge in [-0.25, -0.2) is 0 Å². The van der Waals surface area contributed by atoms with E-state index >= 15 is 0 Å². The van der Waals surface area contributed by atoms with Crippen LogP contribution < -0.4 is 0 Å². The maximum atomic E-state index is 4.44. The fourth-order valence-electron chi connectivity index (χ4n) is 1.46. The fourth-order valence-corrected chi connectivity index (χ4v) is 3.81. The summed E-state index contributed by atoms with van der Waals surface area (Å²) in [5.41, 5.74) is 1.40. The zero-order chi connectivity index (χ0) is 9.42. The molecule has 1 aromatic carbocycles. The lowest BCUT2D eigenvalue weighted by Gasteiger charge is -1.95. The van der Waals surface area contributed by atoms with Crippen LogP contribution >= 0.6 is 39.9 Å². The van der Waals surface area contributed by atoms with Gasteiger partial charge in [0, 0.05) is 9.60 Å². The number of benzene rings is 1. The van der Waals surface area contributed by atoms with Crippen molar-refractivity contribution in [2.75, 3.05) is 0 Å². The van der Waals surface area contributed by atoms with Crippen LogP contribution in [0.1, 0.15) is 12.5 Å². The van der Waals surface area contributed by atoms with Gasteiger partial charge in [0.2, 0.25) is 0 Å². The summed E-state index contributed by atoms with van der Waals surface area (Å²) in [6.07, 6.45) is 1.07. The van der Waals surface area contributed by atoms with Gasteiger partial charge in [-0.3, -0.25) is 0 Å². The molecule has 1 aromatic heterocycles. The van der Waals surface area contributed by atoms with E-state index in [2.05, 4.69) is 47.6 Å². The lowest BCUT2D eigenvalue weighted by molar-refractivity contribution is 1.16. The molecule has 3 heteroatoms. The van der Waals surface area contributed by atoms with Crippen LogP contribution in [-0.2, 0) is 6.42 Å². The molecular formula is C10H9BrS2. The molecule has 0 radical (unpaired) electrons. The molecule has 0 spiro atoms. The molecule has 0 aliphatic heterocycles. The minimum absolute atomic E-state index is 1.07. The van der Waals surface area contributed by atoms with Gasteiger partial charge in [0.05, 0.1) is 3.79 Å². The molecule has 0 atom stereocenters. The Morgan fingerprint density at radius 2 is 2.23 bits per heavy atom. The minimum atomic E-state index is 1.07. The van der Waals surface area contributed by atoms with Crippen molar-refractivity contribution in [1.29, 1.82) is 0 Å². The van der Waals surface area contributed by atoms with Crippen molar-refractivity contribution in [1.82, 2.24) is 0 Å². The monoisotopic (exact) mass is 272 g/mol. The largest absolute Gasteiger partial charge is 0.142 e. The van der Waals surface area contributed by atoms with Crippen LogP contribution in [0.25, 0.3) is 10.1 Å². The maximum Gasteiger partial charge on any atom is 0.0743 e. The summed E-state index contributed by atoms with van der Waals surface area (Å²) in [6.45, 7) is 2.18. The number of thiol groups is 1. The number of hydrogen-bond acceptors (Lipinski definition) is 2. The average molecular weight is 273 g/mol. The Balaban J connectivity index is 2.86. The number of fused-ring (bicyclic) bond motifs is 1. The quantitative estimate of drug-likeness (QED) is 0.726. The standard InChI is InChI=1S/C10H9BrS2/c1-2-6-7-4-3-5-8(12)9(7)13-10(6)11/h3-5,12H,2H2,1H3. The summed E-state index contributed by atoms with van der Waals surface area (Å²) in [7, 11) is 0. The van der Waals surface area contributed by atoms with Crippen molar-refractivity contribution in [2.24, 2.45) is 0 Å². The zero-order valence-corrected chi connectivity index (χ0v) is 10.5. The van der Waals surface area contributed by atoms with E-state index in [-0.39, 0.29) is 0 Å². The van der Waals surface area contributed by atoms with E-state index in [0.717, 1.165) is 11.3 Å². The van der Waals surface area contributed by atoms with Gasteiger partial charge in [-0.05, 0) is 39.4 Å². The van der Waals surface area contributed by atoms with Gasteiger partial charge >= 0.3 is 0 Å². The Kier molecular flexibility index (Phi) is 2.67. The Labute approximate surface area is 95.5 Å². The summed E-state index contributed by atoms with van der Waals surface area (Å²) in [6, 6.07) is 6.26. The maximum absolute atomic E-state index is 4.44. The second-order valence-corrected chi connectivity index (χ2v) is 5.68. The topological polar surface area (TPSA) is 0 Å². The van der Waals surface area contributed by atoms with Crippen molar-refractivity contribution in [3.05, 3.63) is 27.5 Å². The van der Waals surface area contributed by atoms with E-state index < -0.39 is 0 Å². The second kappa shape index (κ2) is 3.64. The third-order valence-corrected chi connectivity index (χ3v) is 4.66. The van der Waals surface area contributed by atoms with Gasteiger partial charge in [-0.2, -0.15) is 0 Å².